The van der Waals surface area contributed by atoms with E-state index in [1.54, 1.807) is 34.5 Å². The van der Waals surface area contributed by atoms with Crippen LogP contribution in [0.5, 0.6) is 5.75 Å². The first-order valence-corrected chi connectivity index (χ1v) is 9.17. The molecule has 1 atom stereocenters. The number of hydrogen-bond acceptors (Lipinski definition) is 4. The number of aromatic nitrogens is 3. The predicted molar refractivity (Wildman–Crippen MR) is 109 cm³/mol. The molecule has 0 bridgehead atoms. The molecular formula is C21H24N4O3. The predicted octanol–water partition coefficient (Wildman–Crippen LogP) is 2.89. The van der Waals surface area contributed by atoms with E-state index in [0.29, 0.717) is 12.2 Å². The van der Waals surface area contributed by atoms with Crippen molar-refractivity contribution in [3.63, 3.8) is 0 Å². The van der Waals surface area contributed by atoms with Crippen molar-refractivity contribution in [1.29, 1.82) is 0 Å². The molecule has 1 unspecified atom stereocenters. The number of carbonyl (C=O) groups is 1. The van der Waals surface area contributed by atoms with Crippen LogP contribution in [0.3, 0.4) is 0 Å². The van der Waals surface area contributed by atoms with Gasteiger partial charge in [-0.15, -0.1) is 6.58 Å². The Hall–Kier alpha value is -3.35. The summed E-state index contributed by atoms with van der Waals surface area (Å²) in [5.41, 5.74) is 1.69. The number of amides is 1. The lowest BCUT2D eigenvalue weighted by atomic mass is 10.1. The highest BCUT2D eigenvalue weighted by Crippen LogP contribution is 2.22. The van der Waals surface area contributed by atoms with Gasteiger partial charge in [0.2, 0.25) is 5.65 Å². The third-order valence-corrected chi connectivity index (χ3v) is 4.64. The number of carbonyl (C=O) groups excluding carboxylic acids is 1. The lowest BCUT2D eigenvalue weighted by molar-refractivity contribution is 0.0935. The molecule has 0 aliphatic heterocycles. The molecule has 7 nitrogen and oxygen atoms in total. The normalized spacial score (nSPS) is 12.0. The van der Waals surface area contributed by atoms with Gasteiger partial charge in [-0.3, -0.25) is 18.6 Å². The average Bonchev–Trinajstić information content (AvgIpc) is 3.15. The van der Waals surface area contributed by atoms with E-state index in [1.807, 2.05) is 38.1 Å². The zero-order valence-corrected chi connectivity index (χ0v) is 16.3. The third kappa shape index (κ3) is 3.69. The monoisotopic (exact) mass is 380 g/mol. The van der Waals surface area contributed by atoms with Gasteiger partial charge in [0, 0.05) is 30.5 Å². The minimum atomic E-state index is -0.293. The average molecular weight is 380 g/mol. The number of benzene rings is 1. The van der Waals surface area contributed by atoms with E-state index in [-0.39, 0.29) is 28.8 Å². The van der Waals surface area contributed by atoms with Gasteiger partial charge in [-0.25, -0.2) is 4.98 Å². The molecule has 0 fully saturated rings. The molecule has 0 spiro atoms. The standard InChI is InChI=1S/C21H24N4O3/c1-5-11-25-18(15-7-9-16(28-4)10-8-15)13-24-12-17(23-19(24)21(25)27)20(26)22-14(3)6-2/h5,7-10,12-14H,1,6,11H2,2-4H3,(H,22,26). The molecule has 1 amide bonds. The van der Waals surface area contributed by atoms with Crippen molar-refractivity contribution in [3.8, 4) is 17.0 Å². The summed E-state index contributed by atoms with van der Waals surface area (Å²) in [5.74, 6) is 0.438. The molecule has 2 heterocycles. The smallest absolute Gasteiger partial charge is 0.295 e. The van der Waals surface area contributed by atoms with Gasteiger partial charge in [-0.2, -0.15) is 0 Å². The lowest BCUT2D eigenvalue weighted by Gasteiger charge is -2.12. The minimum Gasteiger partial charge on any atom is -0.497 e. The SMILES string of the molecule is C=CCn1c(-c2ccc(OC)cc2)cn2cc(C(=O)NC(C)CC)nc2c1=O. The summed E-state index contributed by atoms with van der Waals surface area (Å²) in [5, 5.41) is 2.87. The van der Waals surface area contributed by atoms with Gasteiger partial charge in [-0.1, -0.05) is 13.0 Å². The first kappa shape index (κ1) is 19.4. The molecule has 1 aromatic carbocycles. The highest BCUT2D eigenvalue weighted by Gasteiger charge is 2.17. The van der Waals surface area contributed by atoms with Crippen molar-refractivity contribution < 1.29 is 9.53 Å². The second-order valence-electron chi connectivity index (χ2n) is 6.59. The topological polar surface area (TPSA) is 77.6 Å². The largest absolute Gasteiger partial charge is 0.497 e. The first-order valence-electron chi connectivity index (χ1n) is 9.17. The summed E-state index contributed by atoms with van der Waals surface area (Å²) in [7, 11) is 1.60. The zero-order valence-electron chi connectivity index (χ0n) is 16.3. The maximum atomic E-state index is 13.0. The number of hydrogen-bond donors (Lipinski definition) is 1. The van der Waals surface area contributed by atoms with E-state index >= 15 is 0 Å². The maximum absolute atomic E-state index is 13.0. The Morgan fingerprint density at radius 1 is 1.32 bits per heavy atom. The summed E-state index contributed by atoms with van der Waals surface area (Å²) in [6, 6.07) is 7.46. The van der Waals surface area contributed by atoms with Gasteiger partial charge in [0.1, 0.15) is 11.4 Å². The molecule has 0 aliphatic carbocycles. The Kier molecular flexibility index (Phi) is 5.63. The molecule has 0 saturated heterocycles. The molecule has 0 saturated carbocycles. The lowest BCUT2D eigenvalue weighted by Crippen LogP contribution is -2.32. The molecule has 3 rings (SSSR count). The quantitative estimate of drug-likeness (QED) is 0.640. The number of fused-ring (bicyclic) bond motifs is 1. The molecule has 1 N–H and O–H groups in total. The second-order valence-corrected chi connectivity index (χ2v) is 6.59. The molecule has 3 aromatic rings. The molecule has 7 heteroatoms. The first-order chi connectivity index (χ1) is 13.5. The molecule has 146 valence electrons. The van der Waals surface area contributed by atoms with Crippen LogP contribution in [-0.4, -0.2) is 33.0 Å². The van der Waals surface area contributed by atoms with E-state index < -0.39 is 0 Å². The number of nitrogens with one attached hydrogen (secondary N) is 1. The fourth-order valence-electron chi connectivity index (χ4n) is 2.89. The number of rotatable bonds is 7. The van der Waals surface area contributed by atoms with E-state index in [0.717, 1.165) is 17.7 Å². The number of methoxy groups -OCH3 is 1. The van der Waals surface area contributed by atoms with Gasteiger partial charge in [0.25, 0.3) is 11.5 Å². The molecular weight excluding hydrogens is 356 g/mol. The highest BCUT2D eigenvalue weighted by molar-refractivity contribution is 5.93. The molecule has 0 radical (unpaired) electrons. The number of ether oxygens (including phenoxy) is 1. The Balaban J connectivity index is 2.13. The van der Waals surface area contributed by atoms with Crippen LogP contribution in [0.25, 0.3) is 16.9 Å². The van der Waals surface area contributed by atoms with Gasteiger partial charge >= 0.3 is 0 Å². The molecule has 28 heavy (non-hydrogen) atoms. The van der Waals surface area contributed by atoms with Crippen molar-refractivity contribution in [1.82, 2.24) is 19.3 Å². The summed E-state index contributed by atoms with van der Waals surface area (Å²) in [4.78, 5) is 29.7. The Morgan fingerprint density at radius 3 is 2.64 bits per heavy atom. The van der Waals surface area contributed by atoms with E-state index in [9.17, 15) is 9.59 Å². The summed E-state index contributed by atoms with van der Waals surface area (Å²) in [6.07, 6.45) is 5.85. The van der Waals surface area contributed by atoms with Crippen LogP contribution in [0.1, 0.15) is 30.8 Å². The zero-order chi connectivity index (χ0) is 20.3. The highest BCUT2D eigenvalue weighted by atomic mass is 16.5. The van der Waals surface area contributed by atoms with Gasteiger partial charge < -0.3 is 10.1 Å². The van der Waals surface area contributed by atoms with Gasteiger partial charge in [-0.05, 0) is 37.6 Å². The van der Waals surface area contributed by atoms with Crippen LogP contribution >= 0.6 is 0 Å². The van der Waals surface area contributed by atoms with E-state index in [2.05, 4.69) is 16.9 Å². The van der Waals surface area contributed by atoms with E-state index in [4.69, 9.17) is 4.74 Å². The molecule has 0 aliphatic rings. The maximum Gasteiger partial charge on any atom is 0.295 e. The van der Waals surface area contributed by atoms with Crippen LogP contribution in [0.15, 0.2) is 54.1 Å². The summed E-state index contributed by atoms with van der Waals surface area (Å²) < 4.78 is 8.40. The Morgan fingerprint density at radius 2 is 2.04 bits per heavy atom. The van der Waals surface area contributed by atoms with Gasteiger partial charge in [0.15, 0.2) is 0 Å². The van der Waals surface area contributed by atoms with Crippen LogP contribution in [0.2, 0.25) is 0 Å². The Labute approximate surface area is 163 Å². The fourth-order valence-corrected chi connectivity index (χ4v) is 2.89. The van der Waals surface area contributed by atoms with Crippen LogP contribution in [0.4, 0.5) is 0 Å². The fraction of sp³-hybridized carbons (Fsp3) is 0.286. The van der Waals surface area contributed by atoms with Crippen LogP contribution < -0.4 is 15.6 Å². The van der Waals surface area contributed by atoms with Crippen molar-refractivity contribution in [2.75, 3.05) is 7.11 Å². The Bertz CT molecular complexity index is 1060. The van der Waals surface area contributed by atoms with E-state index in [1.165, 1.54) is 0 Å². The summed E-state index contributed by atoms with van der Waals surface area (Å²) in [6.45, 7) is 7.99. The number of nitrogens with zero attached hydrogens (tertiary/aromatic N) is 3. The third-order valence-electron chi connectivity index (χ3n) is 4.64. The number of allylic oxidation sites excluding steroid dienone is 1. The second kappa shape index (κ2) is 8.12. The van der Waals surface area contributed by atoms with Crippen molar-refractivity contribution in [3.05, 3.63) is 65.4 Å². The van der Waals surface area contributed by atoms with Crippen molar-refractivity contribution in [2.45, 2.75) is 32.9 Å². The van der Waals surface area contributed by atoms with Crippen molar-refractivity contribution in [2.24, 2.45) is 0 Å². The van der Waals surface area contributed by atoms with Crippen LogP contribution in [-0.2, 0) is 6.54 Å². The molecule has 2 aromatic heterocycles. The van der Waals surface area contributed by atoms with Gasteiger partial charge in [0.05, 0.1) is 12.8 Å². The minimum absolute atomic E-state index is 0.0320. The van der Waals surface area contributed by atoms with Crippen LogP contribution in [0, 0.1) is 0 Å². The van der Waals surface area contributed by atoms with Crippen molar-refractivity contribution >= 4 is 11.6 Å². The summed E-state index contributed by atoms with van der Waals surface area (Å²) >= 11 is 0. The number of imidazole rings is 1.